The van der Waals surface area contributed by atoms with Gasteiger partial charge in [0.05, 0.1) is 23.9 Å². The quantitative estimate of drug-likeness (QED) is 0.803. The SMILES string of the molecule is O=C(O)CN(CC1CC1)C1CC(Nc2ccnc3cc(F)cnc23)C1. The van der Waals surface area contributed by atoms with Gasteiger partial charge in [0, 0.05) is 30.9 Å². The van der Waals surface area contributed by atoms with E-state index in [9.17, 15) is 9.18 Å². The maximum absolute atomic E-state index is 13.3. The molecule has 2 aliphatic rings. The molecule has 0 aromatic carbocycles. The molecule has 0 unspecified atom stereocenters. The number of aromatic nitrogens is 2. The minimum absolute atomic E-state index is 0.118. The van der Waals surface area contributed by atoms with Crippen LogP contribution < -0.4 is 5.32 Å². The van der Waals surface area contributed by atoms with Crippen molar-refractivity contribution in [2.75, 3.05) is 18.4 Å². The molecule has 0 aliphatic heterocycles. The topological polar surface area (TPSA) is 78.4 Å². The number of fused-ring (bicyclic) bond motifs is 1. The number of hydrogen-bond donors (Lipinski definition) is 2. The van der Waals surface area contributed by atoms with Gasteiger partial charge in [0.15, 0.2) is 0 Å². The molecule has 0 atom stereocenters. The Morgan fingerprint density at radius 2 is 2.16 bits per heavy atom. The van der Waals surface area contributed by atoms with Gasteiger partial charge in [-0.3, -0.25) is 14.7 Å². The summed E-state index contributed by atoms with van der Waals surface area (Å²) in [5, 5.41) is 12.6. The number of carboxylic acid groups (broad SMARTS) is 1. The molecule has 0 amide bonds. The molecule has 0 spiro atoms. The van der Waals surface area contributed by atoms with Crippen molar-refractivity contribution < 1.29 is 14.3 Å². The molecule has 2 saturated carbocycles. The Balaban J connectivity index is 1.40. The number of nitrogens with one attached hydrogen (secondary N) is 1. The highest BCUT2D eigenvalue weighted by atomic mass is 19.1. The van der Waals surface area contributed by atoms with Gasteiger partial charge in [0.1, 0.15) is 11.3 Å². The molecule has 7 heteroatoms. The standard InChI is InChI=1S/C18H21FN4O2/c19-12-5-16-18(21-8-12)15(3-4-20-16)22-13-6-14(7-13)23(10-17(24)25)9-11-1-2-11/h3-5,8,11,13-14H,1-2,6-7,9-10H2,(H,20,22)(H,24,25). The molecule has 6 nitrogen and oxygen atoms in total. The molecule has 0 bridgehead atoms. The lowest BCUT2D eigenvalue weighted by Gasteiger charge is -2.43. The smallest absolute Gasteiger partial charge is 0.317 e. The first-order chi connectivity index (χ1) is 12.1. The van der Waals surface area contributed by atoms with Crippen molar-refractivity contribution in [1.29, 1.82) is 0 Å². The summed E-state index contributed by atoms with van der Waals surface area (Å²) in [6.07, 6.45) is 7.09. The summed E-state index contributed by atoms with van der Waals surface area (Å²) in [5.41, 5.74) is 2.04. The Bertz CT molecular complexity index is 790. The van der Waals surface area contributed by atoms with E-state index in [1.165, 1.54) is 25.1 Å². The number of rotatable bonds is 7. The van der Waals surface area contributed by atoms with Crippen LogP contribution in [0.4, 0.5) is 10.1 Å². The van der Waals surface area contributed by atoms with E-state index in [0.717, 1.165) is 25.1 Å². The number of carboxylic acids is 1. The molecular weight excluding hydrogens is 323 g/mol. The fourth-order valence-electron chi connectivity index (χ4n) is 3.49. The lowest BCUT2D eigenvalue weighted by atomic mass is 9.85. The van der Waals surface area contributed by atoms with Crippen LogP contribution in [0.15, 0.2) is 24.5 Å². The third-order valence-corrected chi connectivity index (χ3v) is 5.06. The summed E-state index contributed by atoms with van der Waals surface area (Å²) in [6.45, 7) is 1.01. The van der Waals surface area contributed by atoms with E-state index in [2.05, 4.69) is 20.2 Å². The van der Waals surface area contributed by atoms with Crippen LogP contribution in [0.1, 0.15) is 25.7 Å². The lowest BCUT2D eigenvalue weighted by molar-refractivity contribution is -0.139. The zero-order valence-electron chi connectivity index (χ0n) is 13.9. The van der Waals surface area contributed by atoms with Crippen molar-refractivity contribution in [3.63, 3.8) is 0 Å². The van der Waals surface area contributed by atoms with Crippen molar-refractivity contribution in [2.45, 2.75) is 37.8 Å². The summed E-state index contributed by atoms with van der Waals surface area (Å²) in [7, 11) is 0. The number of nitrogens with zero attached hydrogens (tertiary/aromatic N) is 3. The monoisotopic (exact) mass is 344 g/mol. The van der Waals surface area contributed by atoms with Crippen LogP contribution in [0.25, 0.3) is 11.0 Å². The van der Waals surface area contributed by atoms with Crippen LogP contribution in [-0.2, 0) is 4.79 Å². The number of halogens is 1. The third kappa shape index (κ3) is 3.71. The Labute approximate surface area is 145 Å². The Kier molecular flexibility index (Phi) is 4.25. The van der Waals surface area contributed by atoms with Crippen molar-refractivity contribution in [2.24, 2.45) is 5.92 Å². The predicted octanol–water partition coefficient (Wildman–Crippen LogP) is 2.51. The molecule has 4 rings (SSSR count). The van der Waals surface area contributed by atoms with Gasteiger partial charge in [-0.1, -0.05) is 0 Å². The largest absolute Gasteiger partial charge is 0.480 e. The van der Waals surface area contributed by atoms with E-state index < -0.39 is 11.8 Å². The fraction of sp³-hybridized carbons (Fsp3) is 0.500. The highest BCUT2D eigenvalue weighted by Crippen LogP contribution is 2.35. The van der Waals surface area contributed by atoms with E-state index in [1.807, 2.05) is 6.07 Å². The maximum Gasteiger partial charge on any atom is 0.317 e. The number of anilines is 1. The minimum atomic E-state index is -0.761. The van der Waals surface area contributed by atoms with Gasteiger partial charge in [-0.15, -0.1) is 0 Å². The van der Waals surface area contributed by atoms with Gasteiger partial charge >= 0.3 is 5.97 Å². The summed E-state index contributed by atoms with van der Waals surface area (Å²) < 4.78 is 13.3. The Morgan fingerprint density at radius 3 is 2.88 bits per heavy atom. The average molecular weight is 344 g/mol. The molecule has 132 valence electrons. The number of carbonyl (C=O) groups is 1. The molecule has 2 aromatic heterocycles. The van der Waals surface area contributed by atoms with E-state index in [0.29, 0.717) is 23.0 Å². The van der Waals surface area contributed by atoms with Crippen LogP contribution in [0.3, 0.4) is 0 Å². The minimum Gasteiger partial charge on any atom is -0.480 e. The van der Waals surface area contributed by atoms with E-state index >= 15 is 0 Å². The molecule has 0 saturated heterocycles. The fourth-order valence-corrected chi connectivity index (χ4v) is 3.49. The van der Waals surface area contributed by atoms with Crippen molar-refractivity contribution in [3.05, 3.63) is 30.3 Å². The first kappa shape index (κ1) is 16.2. The molecule has 2 N–H and O–H groups in total. The van der Waals surface area contributed by atoms with Crippen molar-refractivity contribution in [1.82, 2.24) is 14.9 Å². The molecule has 2 heterocycles. The van der Waals surface area contributed by atoms with Crippen LogP contribution in [0, 0.1) is 11.7 Å². The highest BCUT2D eigenvalue weighted by molar-refractivity contribution is 5.87. The van der Waals surface area contributed by atoms with E-state index in [4.69, 9.17) is 5.11 Å². The summed E-state index contributed by atoms with van der Waals surface area (Å²) in [6, 6.07) is 3.81. The van der Waals surface area contributed by atoms with Crippen molar-refractivity contribution >= 4 is 22.7 Å². The summed E-state index contributed by atoms with van der Waals surface area (Å²) in [4.78, 5) is 21.5. The van der Waals surface area contributed by atoms with Gasteiger partial charge in [0.25, 0.3) is 0 Å². The third-order valence-electron chi connectivity index (χ3n) is 5.06. The first-order valence-corrected chi connectivity index (χ1v) is 8.71. The molecular formula is C18H21FN4O2. The Hall–Kier alpha value is -2.28. The second kappa shape index (κ2) is 6.55. The number of pyridine rings is 2. The highest BCUT2D eigenvalue weighted by Gasteiger charge is 2.37. The zero-order valence-corrected chi connectivity index (χ0v) is 13.9. The van der Waals surface area contributed by atoms with Crippen LogP contribution in [-0.4, -0.2) is 51.1 Å². The van der Waals surface area contributed by atoms with Gasteiger partial charge in [0.2, 0.25) is 0 Å². The van der Waals surface area contributed by atoms with Gasteiger partial charge in [-0.25, -0.2) is 9.37 Å². The summed E-state index contributed by atoms with van der Waals surface area (Å²) >= 11 is 0. The van der Waals surface area contributed by atoms with Gasteiger partial charge < -0.3 is 10.4 Å². The van der Waals surface area contributed by atoms with Crippen LogP contribution in [0.2, 0.25) is 0 Å². The number of hydrogen-bond acceptors (Lipinski definition) is 5. The molecule has 0 radical (unpaired) electrons. The van der Waals surface area contributed by atoms with Crippen LogP contribution in [0.5, 0.6) is 0 Å². The molecule has 2 aliphatic carbocycles. The van der Waals surface area contributed by atoms with Gasteiger partial charge in [-0.2, -0.15) is 0 Å². The second-order valence-corrected chi connectivity index (χ2v) is 7.11. The predicted molar refractivity (Wildman–Crippen MR) is 91.9 cm³/mol. The first-order valence-electron chi connectivity index (χ1n) is 8.71. The second-order valence-electron chi connectivity index (χ2n) is 7.11. The number of aliphatic carboxylic acids is 1. The zero-order chi connectivity index (χ0) is 17.4. The normalized spacial score (nSPS) is 22.8. The van der Waals surface area contributed by atoms with Gasteiger partial charge in [-0.05, 0) is 37.7 Å². The summed E-state index contributed by atoms with van der Waals surface area (Å²) in [5.74, 6) is -0.483. The lowest BCUT2D eigenvalue weighted by Crippen LogP contribution is -2.52. The average Bonchev–Trinajstić information content (AvgIpc) is 3.33. The molecule has 2 aromatic rings. The van der Waals surface area contributed by atoms with Crippen molar-refractivity contribution in [3.8, 4) is 0 Å². The van der Waals surface area contributed by atoms with E-state index in [-0.39, 0.29) is 12.6 Å². The maximum atomic E-state index is 13.3. The Morgan fingerprint density at radius 1 is 1.36 bits per heavy atom. The van der Waals surface area contributed by atoms with Crippen LogP contribution >= 0.6 is 0 Å². The van der Waals surface area contributed by atoms with E-state index in [1.54, 1.807) is 6.20 Å². The molecule has 25 heavy (non-hydrogen) atoms. The molecule has 2 fully saturated rings.